The Hall–Kier alpha value is -1.44. The van der Waals surface area contributed by atoms with E-state index >= 15 is 0 Å². The molecule has 0 saturated heterocycles. The van der Waals surface area contributed by atoms with Crippen LogP contribution < -0.4 is 0 Å². The summed E-state index contributed by atoms with van der Waals surface area (Å²) < 4.78 is 0.801. The lowest BCUT2D eigenvalue weighted by atomic mass is 10.2. The number of benzene rings is 2. The van der Waals surface area contributed by atoms with E-state index in [0.29, 0.717) is 5.56 Å². The monoisotopic (exact) mass is 305 g/mol. The fraction of sp³-hybridized carbons (Fsp3) is 0. The van der Waals surface area contributed by atoms with Gasteiger partial charge < -0.3 is 5.11 Å². The maximum absolute atomic E-state index is 9.18. The first-order valence-corrected chi connectivity index (χ1v) is 6.46. The summed E-state index contributed by atoms with van der Waals surface area (Å²) in [7, 11) is 0. The molecular formula is C13H8BrNOS. The van der Waals surface area contributed by atoms with E-state index < -0.39 is 0 Å². The Morgan fingerprint density at radius 1 is 1.06 bits per heavy atom. The molecule has 0 aliphatic carbocycles. The van der Waals surface area contributed by atoms with Crippen molar-refractivity contribution in [2.75, 3.05) is 0 Å². The van der Waals surface area contributed by atoms with Crippen LogP contribution in [0.3, 0.4) is 0 Å². The lowest BCUT2D eigenvalue weighted by Gasteiger charge is -2.03. The second-order valence-corrected chi connectivity index (χ2v) is 5.35. The minimum absolute atomic E-state index is 0.253. The van der Waals surface area contributed by atoms with Crippen molar-refractivity contribution < 1.29 is 5.11 Å². The summed E-state index contributed by atoms with van der Waals surface area (Å²) in [6.07, 6.45) is 0. The number of halogens is 1. The minimum atomic E-state index is 0.253. The molecule has 0 saturated carbocycles. The van der Waals surface area contributed by atoms with Gasteiger partial charge >= 0.3 is 0 Å². The van der Waals surface area contributed by atoms with Gasteiger partial charge in [-0.2, -0.15) is 5.26 Å². The molecule has 0 fully saturated rings. The molecule has 0 aliphatic heterocycles. The molecule has 0 heterocycles. The highest BCUT2D eigenvalue weighted by Crippen LogP contribution is 2.31. The number of phenols is 1. The number of hydrogen-bond acceptors (Lipinski definition) is 3. The van der Waals surface area contributed by atoms with Crippen LogP contribution in [0.5, 0.6) is 5.75 Å². The van der Waals surface area contributed by atoms with E-state index in [1.165, 1.54) is 0 Å². The van der Waals surface area contributed by atoms with Gasteiger partial charge in [0, 0.05) is 14.3 Å². The van der Waals surface area contributed by atoms with Crippen LogP contribution in [0.2, 0.25) is 0 Å². The smallest absolute Gasteiger partial charge is 0.115 e. The Kier molecular flexibility index (Phi) is 3.72. The minimum Gasteiger partial charge on any atom is -0.508 e. The summed E-state index contributed by atoms with van der Waals surface area (Å²) >= 11 is 4.87. The lowest BCUT2D eigenvalue weighted by molar-refractivity contribution is 0.475. The van der Waals surface area contributed by atoms with Crippen molar-refractivity contribution >= 4 is 27.7 Å². The van der Waals surface area contributed by atoms with Crippen LogP contribution in [0.1, 0.15) is 5.56 Å². The molecule has 17 heavy (non-hydrogen) atoms. The van der Waals surface area contributed by atoms with E-state index in [-0.39, 0.29) is 5.75 Å². The average Bonchev–Trinajstić information content (AvgIpc) is 2.34. The normalized spacial score (nSPS) is 9.88. The first-order chi connectivity index (χ1) is 8.19. The van der Waals surface area contributed by atoms with Gasteiger partial charge in [-0.25, -0.2) is 0 Å². The van der Waals surface area contributed by atoms with E-state index in [2.05, 4.69) is 22.0 Å². The molecule has 0 amide bonds. The van der Waals surface area contributed by atoms with Crippen molar-refractivity contribution in [3.8, 4) is 11.8 Å². The van der Waals surface area contributed by atoms with Crippen LogP contribution >= 0.6 is 27.7 Å². The number of nitriles is 1. The number of aromatic hydroxyl groups is 1. The highest BCUT2D eigenvalue weighted by Gasteiger charge is 2.02. The van der Waals surface area contributed by atoms with Crippen molar-refractivity contribution in [1.29, 1.82) is 5.26 Å². The van der Waals surface area contributed by atoms with Gasteiger partial charge in [0.2, 0.25) is 0 Å². The summed E-state index contributed by atoms with van der Waals surface area (Å²) in [6, 6.07) is 14.7. The van der Waals surface area contributed by atoms with Crippen LogP contribution in [-0.4, -0.2) is 5.11 Å². The summed E-state index contributed by atoms with van der Waals surface area (Å²) in [5, 5.41) is 18.1. The van der Waals surface area contributed by atoms with E-state index in [1.54, 1.807) is 23.9 Å². The summed E-state index contributed by atoms with van der Waals surface area (Å²) in [6.45, 7) is 0. The largest absolute Gasteiger partial charge is 0.508 e. The third kappa shape index (κ3) is 3.02. The molecule has 0 spiro atoms. The highest BCUT2D eigenvalue weighted by atomic mass is 79.9. The van der Waals surface area contributed by atoms with E-state index in [9.17, 15) is 5.11 Å². The number of rotatable bonds is 2. The first-order valence-electron chi connectivity index (χ1n) is 4.85. The highest BCUT2D eigenvalue weighted by molar-refractivity contribution is 9.10. The molecule has 1 N–H and O–H groups in total. The number of hydrogen-bond donors (Lipinski definition) is 1. The number of phenolic OH excluding ortho intramolecular Hbond substituents is 1. The second-order valence-electron chi connectivity index (χ2n) is 3.35. The van der Waals surface area contributed by atoms with Gasteiger partial charge in [-0.05, 0) is 58.4 Å². The fourth-order valence-corrected chi connectivity index (χ4v) is 2.50. The molecule has 0 bridgehead atoms. The molecule has 0 atom stereocenters. The van der Waals surface area contributed by atoms with Crippen LogP contribution in [0.15, 0.2) is 56.7 Å². The average molecular weight is 306 g/mol. The quantitative estimate of drug-likeness (QED) is 0.905. The molecule has 2 rings (SSSR count). The van der Waals surface area contributed by atoms with Gasteiger partial charge in [-0.1, -0.05) is 11.8 Å². The van der Waals surface area contributed by atoms with E-state index in [0.717, 1.165) is 14.3 Å². The first kappa shape index (κ1) is 12.0. The van der Waals surface area contributed by atoms with Gasteiger partial charge in [0.15, 0.2) is 0 Å². The van der Waals surface area contributed by atoms with Crippen molar-refractivity contribution in [3.05, 3.63) is 52.5 Å². The molecule has 0 aliphatic rings. The lowest BCUT2D eigenvalue weighted by Crippen LogP contribution is -1.79. The van der Waals surface area contributed by atoms with Gasteiger partial charge in [0.1, 0.15) is 11.8 Å². The van der Waals surface area contributed by atoms with Crippen molar-refractivity contribution in [3.63, 3.8) is 0 Å². The molecule has 2 aromatic carbocycles. The van der Waals surface area contributed by atoms with Gasteiger partial charge in [-0.15, -0.1) is 0 Å². The Balaban J connectivity index is 2.25. The van der Waals surface area contributed by atoms with E-state index in [4.69, 9.17) is 5.26 Å². The Morgan fingerprint density at radius 3 is 2.35 bits per heavy atom. The third-order valence-corrected chi connectivity index (χ3v) is 3.82. The Labute approximate surface area is 112 Å². The van der Waals surface area contributed by atoms with Gasteiger partial charge in [0.25, 0.3) is 0 Å². The summed E-state index contributed by atoms with van der Waals surface area (Å²) in [5.74, 6) is 0.253. The summed E-state index contributed by atoms with van der Waals surface area (Å²) in [4.78, 5) is 2.02. The van der Waals surface area contributed by atoms with Crippen molar-refractivity contribution in [2.24, 2.45) is 0 Å². The van der Waals surface area contributed by atoms with Crippen molar-refractivity contribution in [2.45, 2.75) is 9.79 Å². The van der Waals surface area contributed by atoms with Crippen LogP contribution in [0.4, 0.5) is 0 Å². The SMILES string of the molecule is N#Cc1cc(Sc2ccc(O)cc2)ccc1Br. The summed E-state index contributed by atoms with van der Waals surface area (Å²) in [5.41, 5.74) is 0.619. The predicted octanol–water partition coefficient (Wildman–Crippen LogP) is 4.18. The zero-order valence-corrected chi connectivity index (χ0v) is 11.1. The Morgan fingerprint density at radius 2 is 1.71 bits per heavy atom. The van der Waals surface area contributed by atoms with E-state index in [1.807, 2.05) is 30.3 Å². The molecule has 2 aromatic rings. The topological polar surface area (TPSA) is 44.0 Å². The molecule has 4 heteroatoms. The van der Waals surface area contributed by atoms with Crippen LogP contribution in [-0.2, 0) is 0 Å². The zero-order chi connectivity index (χ0) is 12.3. The van der Waals surface area contributed by atoms with Gasteiger partial charge in [-0.3, -0.25) is 0 Å². The molecule has 84 valence electrons. The molecule has 0 radical (unpaired) electrons. The molecule has 0 aromatic heterocycles. The third-order valence-electron chi connectivity index (χ3n) is 2.13. The maximum atomic E-state index is 9.18. The maximum Gasteiger partial charge on any atom is 0.115 e. The van der Waals surface area contributed by atoms with Crippen molar-refractivity contribution in [1.82, 2.24) is 0 Å². The Bertz CT molecular complexity index is 575. The zero-order valence-electron chi connectivity index (χ0n) is 8.72. The molecule has 0 unspecified atom stereocenters. The predicted molar refractivity (Wildman–Crippen MR) is 71.1 cm³/mol. The standard InChI is InChI=1S/C13H8BrNOS/c14-13-6-5-12(7-9(13)8-15)17-11-3-1-10(16)2-4-11/h1-7,16H. The van der Waals surface area contributed by atoms with Crippen LogP contribution in [0.25, 0.3) is 0 Å². The number of nitrogens with zero attached hydrogens (tertiary/aromatic N) is 1. The fourth-order valence-electron chi connectivity index (χ4n) is 1.30. The van der Waals surface area contributed by atoms with Gasteiger partial charge in [0.05, 0.1) is 5.56 Å². The van der Waals surface area contributed by atoms with Crippen LogP contribution in [0, 0.1) is 11.3 Å². The molecular weight excluding hydrogens is 298 g/mol. The molecule has 2 nitrogen and oxygen atoms in total. The second kappa shape index (κ2) is 5.26.